The van der Waals surface area contributed by atoms with Crippen molar-refractivity contribution in [2.75, 3.05) is 6.54 Å². The number of aliphatic carboxylic acids is 1. The van der Waals surface area contributed by atoms with Gasteiger partial charge in [-0.25, -0.2) is 0 Å². The zero-order chi connectivity index (χ0) is 38.2. The molecule has 20 heteroatoms. The van der Waals surface area contributed by atoms with Crippen LogP contribution in [-0.4, -0.2) is 105 Å². The number of aliphatic hydroxyl groups is 1. The summed E-state index contributed by atoms with van der Waals surface area (Å²) < 4.78 is 0. The van der Waals surface area contributed by atoms with Crippen LogP contribution < -0.4 is 49.9 Å². The number of carbonyl (C=O) groups excluding carboxylic acids is 6. The molecular formula is C31H47N11O9. The molecule has 0 aliphatic rings. The smallest absolute Gasteiger partial charge is 0.303 e. The number of aliphatic imine (C=N–C) groups is 1. The first-order chi connectivity index (χ1) is 24.0. The minimum Gasteiger partial charge on any atom is -0.481 e. The van der Waals surface area contributed by atoms with E-state index in [1.54, 1.807) is 30.5 Å². The molecule has 2 aromatic rings. The van der Waals surface area contributed by atoms with Gasteiger partial charge in [-0.2, -0.15) is 0 Å². The molecule has 280 valence electrons. The van der Waals surface area contributed by atoms with E-state index in [1.165, 1.54) is 6.92 Å². The number of aliphatic hydroxyl groups excluding tert-OH is 1. The number of aromatic amines is 1. The Morgan fingerprint density at radius 2 is 1.39 bits per heavy atom. The minimum absolute atomic E-state index is 0.0492. The van der Waals surface area contributed by atoms with Gasteiger partial charge in [0, 0.05) is 42.9 Å². The molecule has 6 atom stereocenters. The number of carbonyl (C=O) groups is 7. The monoisotopic (exact) mass is 717 g/mol. The summed E-state index contributed by atoms with van der Waals surface area (Å²) in [6, 6.07) is 0.149. The Labute approximate surface area is 292 Å². The van der Waals surface area contributed by atoms with E-state index in [1.807, 2.05) is 0 Å². The number of guanidine groups is 1. The number of hydrogen-bond acceptors (Lipinski definition) is 10. The van der Waals surface area contributed by atoms with Crippen molar-refractivity contribution < 1.29 is 43.8 Å². The van der Waals surface area contributed by atoms with Gasteiger partial charge in [0.25, 0.3) is 0 Å². The number of aromatic nitrogens is 1. The Bertz CT molecular complexity index is 1590. The largest absolute Gasteiger partial charge is 0.481 e. The predicted octanol–water partition coefficient (Wildman–Crippen LogP) is -3.97. The van der Waals surface area contributed by atoms with Gasteiger partial charge in [-0.05, 0) is 44.2 Å². The number of nitrogens with two attached hydrogens (primary N) is 5. The van der Waals surface area contributed by atoms with Crippen LogP contribution in [0.1, 0.15) is 51.0 Å². The summed E-state index contributed by atoms with van der Waals surface area (Å²) in [5.74, 6) is -6.82. The molecule has 20 nitrogen and oxygen atoms in total. The molecule has 0 radical (unpaired) electrons. The van der Waals surface area contributed by atoms with E-state index in [4.69, 9.17) is 28.7 Å². The van der Waals surface area contributed by atoms with Gasteiger partial charge in [-0.1, -0.05) is 18.2 Å². The lowest BCUT2D eigenvalue weighted by atomic mass is 10.0. The third-order valence-corrected chi connectivity index (χ3v) is 7.72. The Morgan fingerprint density at radius 3 is 1.98 bits per heavy atom. The molecule has 51 heavy (non-hydrogen) atoms. The van der Waals surface area contributed by atoms with Crippen LogP contribution in [0.15, 0.2) is 35.5 Å². The first-order valence-electron chi connectivity index (χ1n) is 16.0. The number of carboxylic acid groups (broad SMARTS) is 1. The third kappa shape index (κ3) is 13.9. The molecule has 0 unspecified atom stereocenters. The fourth-order valence-electron chi connectivity index (χ4n) is 4.97. The van der Waals surface area contributed by atoms with Crippen LogP contribution >= 0.6 is 0 Å². The maximum Gasteiger partial charge on any atom is 0.303 e. The normalized spacial score (nSPS) is 14.5. The molecule has 1 aromatic carbocycles. The highest BCUT2D eigenvalue weighted by molar-refractivity contribution is 5.96. The summed E-state index contributed by atoms with van der Waals surface area (Å²) >= 11 is 0. The minimum atomic E-state index is -1.55. The van der Waals surface area contributed by atoms with Crippen molar-refractivity contribution in [3.05, 3.63) is 36.0 Å². The summed E-state index contributed by atoms with van der Waals surface area (Å²) in [5.41, 5.74) is 28.5. The van der Waals surface area contributed by atoms with E-state index in [0.29, 0.717) is 5.56 Å². The second kappa shape index (κ2) is 20.0. The highest BCUT2D eigenvalue weighted by Crippen LogP contribution is 2.19. The first-order valence-corrected chi connectivity index (χ1v) is 16.0. The fourth-order valence-corrected chi connectivity index (χ4v) is 4.97. The zero-order valence-electron chi connectivity index (χ0n) is 28.1. The molecule has 0 fully saturated rings. The van der Waals surface area contributed by atoms with E-state index in [9.17, 15) is 43.8 Å². The number of fused-ring (bicyclic) bond motifs is 1. The molecule has 0 saturated carbocycles. The third-order valence-electron chi connectivity index (χ3n) is 7.72. The predicted molar refractivity (Wildman–Crippen MR) is 184 cm³/mol. The number of nitrogens with one attached hydrogen (secondary N) is 5. The molecule has 0 aliphatic carbocycles. The lowest BCUT2D eigenvalue weighted by Crippen LogP contribution is -2.60. The number of rotatable bonds is 22. The van der Waals surface area contributed by atoms with Crippen LogP contribution in [0, 0.1) is 0 Å². The molecular weight excluding hydrogens is 670 g/mol. The Kier molecular flexibility index (Phi) is 16.3. The summed E-state index contributed by atoms with van der Waals surface area (Å²) in [6.07, 6.45) is -1.11. The Morgan fingerprint density at radius 1 is 0.804 bits per heavy atom. The van der Waals surface area contributed by atoms with E-state index in [0.717, 1.165) is 10.9 Å². The first kappa shape index (κ1) is 41.4. The van der Waals surface area contributed by atoms with Crippen molar-refractivity contribution in [2.24, 2.45) is 33.7 Å². The van der Waals surface area contributed by atoms with Gasteiger partial charge in [0.2, 0.25) is 35.4 Å². The topological polar surface area (TPSA) is 366 Å². The SMILES string of the molecule is C[C@@H](O)[C@H](NC(=O)[C@H](CCCN=C(N)N)NC(=O)[C@H](CCC(=O)O)NC(=O)[C@H](Cc1c[nH]c2ccccc12)NC(=O)[C@@H](N)CCC(N)=O)C(N)=O. The van der Waals surface area contributed by atoms with Crippen molar-refractivity contribution in [3.8, 4) is 0 Å². The number of H-pyrrole nitrogens is 1. The molecule has 6 amide bonds. The van der Waals surface area contributed by atoms with Crippen LogP contribution in [0.5, 0.6) is 0 Å². The van der Waals surface area contributed by atoms with Crippen molar-refractivity contribution >= 4 is 58.3 Å². The van der Waals surface area contributed by atoms with Gasteiger partial charge in [-0.3, -0.25) is 38.6 Å². The van der Waals surface area contributed by atoms with Gasteiger partial charge in [0.15, 0.2) is 5.96 Å². The second-order valence-corrected chi connectivity index (χ2v) is 11.9. The standard InChI is InChI=1S/C31H47N11O9/c1-15(43)25(26(34)47)42-29(50)20(7-4-12-37-31(35)36)39-28(49)21(9-11-24(45)46)40-30(51)22(41-27(48)18(32)8-10-23(33)44)13-16-14-38-19-6-3-2-5-17(16)19/h2-3,5-6,14-15,18,20-22,25,38,43H,4,7-13,32H2,1H3,(H2,33,44)(H2,34,47)(H,39,49)(H,40,51)(H,41,48)(H,42,50)(H,45,46)(H4,35,36,37)/t15-,18+,20+,21+,22+,25+/m1/s1. The van der Waals surface area contributed by atoms with Crippen LogP contribution in [0.2, 0.25) is 0 Å². The number of carboxylic acids is 1. The summed E-state index contributed by atoms with van der Waals surface area (Å²) in [4.78, 5) is 95.1. The highest BCUT2D eigenvalue weighted by Gasteiger charge is 2.33. The molecule has 0 saturated heterocycles. The average Bonchev–Trinajstić information content (AvgIpc) is 3.46. The number of amides is 6. The molecule has 17 N–H and O–H groups in total. The summed E-state index contributed by atoms with van der Waals surface area (Å²) in [7, 11) is 0. The molecule has 0 bridgehead atoms. The summed E-state index contributed by atoms with van der Waals surface area (Å²) in [6.45, 7) is 1.27. The van der Waals surface area contributed by atoms with Crippen molar-refractivity contribution in [1.29, 1.82) is 0 Å². The van der Waals surface area contributed by atoms with Gasteiger partial charge in [0.1, 0.15) is 24.2 Å². The van der Waals surface area contributed by atoms with E-state index in [-0.39, 0.29) is 44.6 Å². The Hall–Kier alpha value is -5.76. The van der Waals surface area contributed by atoms with Crippen LogP contribution in [0.4, 0.5) is 0 Å². The lowest BCUT2D eigenvalue weighted by molar-refractivity contribution is -0.138. The average molecular weight is 718 g/mol. The van der Waals surface area contributed by atoms with Gasteiger partial charge in [0.05, 0.1) is 12.1 Å². The Balaban J connectivity index is 2.39. The van der Waals surface area contributed by atoms with Gasteiger partial charge in [-0.15, -0.1) is 0 Å². The van der Waals surface area contributed by atoms with E-state index < -0.39 is 90.6 Å². The molecule has 2 rings (SSSR count). The van der Waals surface area contributed by atoms with E-state index in [2.05, 4.69) is 31.2 Å². The maximum absolute atomic E-state index is 13.8. The zero-order valence-corrected chi connectivity index (χ0v) is 28.1. The van der Waals surface area contributed by atoms with Crippen molar-refractivity contribution in [1.82, 2.24) is 26.3 Å². The summed E-state index contributed by atoms with van der Waals surface area (Å²) in [5, 5.41) is 29.8. The van der Waals surface area contributed by atoms with E-state index >= 15 is 0 Å². The number of para-hydroxylation sites is 1. The maximum atomic E-state index is 13.8. The molecule has 1 heterocycles. The van der Waals surface area contributed by atoms with Gasteiger partial charge < -0.3 is 65.1 Å². The number of nitrogens with zero attached hydrogens (tertiary/aromatic N) is 1. The number of primary amides is 2. The van der Waals surface area contributed by atoms with Gasteiger partial charge >= 0.3 is 5.97 Å². The quantitative estimate of drug-likeness (QED) is 0.0315. The molecule has 0 aliphatic heterocycles. The number of hydrogen-bond donors (Lipinski definition) is 12. The molecule has 0 spiro atoms. The van der Waals surface area contributed by atoms with Crippen LogP contribution in [0.3, 0.4) is 0 Å². The number of benzene rings is 1. The second-order valence-electron chi connectivity index (χ2n) is 11.9. The molecule has 1 aromatic heterocycles. The lowest BCUT2D eigenvalue weighted by Gasteiger charge is -2.27. The van der Waals surface area contributed by atoms with Crippen molar-refractivity contribution in [3.63, 3.8) is 0 Å². The van der Waals surface area contributed by atoms with Crippen molar-refractivity contribution in [2.45, 2.75) is 88.2 Å². The van der Waals surface area contributed by atoms with Crippen LogP contribution in [-0.2, 0) is 40.0 Å². The fraction of sp³-hybridized carbons (Fsp3) is 0.484. The van der Waals surface area contributed by atoms with Crippen LogP contribution in [0.25, 0.3) is 10.9 Å². The highest BCUT2D eigenvalue weighted by atomic mass is 16.4.